The molecule has 7 nitrogen and oxygen atoms in total. The third-order valence-electron chi connectivity index (χ3n) is 4.35. The molecular weight excluding hydrogens is 387 g/mol. The first-order valence-electron chi connectivity index (χ1n) is 8.38. The van der Waals surface area contributed by atoms with Gasteiger partial charge in [-0.1, -0.05) is 24.3 Å². The van der Waals surface area contributed by atoms with Gasteiger partial charge >= 0.3 is 6.09 Å². The van der Waals surface area contributed by atoms with Gasteiger partial charge in [0.25, 0.3) is 0 Å². The molecule has 1 aromatic heterocycles. The van der Waals surface area contributed by atoms with Crippen molar-refractivity contribution in [2.75, 3.05) is 20.2 Å². The fourth-order valence-electron chi connectivity index (χ4n) is 2.89. The number of fused-ring (bicyclic) bond motifs is 1. The molecule has 1 N–H and O–H groups in total. The van der Waals surface area contributed by atoms with E-state index in [9.17, 15) is 17.6 Å². The summed E-state index contributed by atoms with van der Waals surface area (Å²) in [6.07, 6.45) is 0.349. The molecule has 148 valence electrons. The van der Waals surface area contributed by atoms with Crippen molar-refractivity contribution in [3.8, 4) is 5.75 Å². The van der Waals surface area contributed by atoms with E-state index in [-0.39, 0.29) is 18.0 Å². The van der Waals surface area contributed by atoms with Crippen molar-refractivity contribution in [1.29, 1.82) is 0 Å². The Labute approximate surface area is 161 Å². The van der Waals surface area contributed by atoms with Crippen LogP contribution in [0, 0.1) is 5.82 Å². The van der Waals surface area contributed by atoms with Gasteiger partial charge in [0.15, 0.2) is 0 Å². The maximum Gasteiger partial charge on any atom is 0.407 e. The standard InChI is InChI=1S/C19H19FN2O5S/c1-21(19(23)24)10-11-27-15-8-5-6-13-17(12-22(2)18(13)15)28(25,26)16-9-4-3-7-14(16)20/h3-9,12H,10-11H2,1-2H3,(H,23,24). The van der Waals surface area contributed by atoms with Gasteiger partial charge in [-0.2, -0.15) is 0 Å². The SMILES string of the molecule is CN(CCOc1cccc2c(S(=O)(=O)c3ccccc3F)cn(C)c12)C(=O)O. The normalized spacial score (nSPS) is 11.5. The van der Waals surface area contributed by atoms with Crippen LogP contribution in [0.3, 0.4) is 0 Å². The summed E-state index contributed by atoms with van der Waals surface area (Å²) in [7, 11) is -0.985. The van der Waals surface area contributed by atoms with Crippen LogP contribution in [0.2, 0.25) is 0 Å². The topological polar surface area (TPSA) is 88.8 Å². The lowest BCUT2D eigenvalue weighted by molar-refractivity contribution is 0.147. The maximum absolute atomic E-state index is 14.1. The van der Waals surface area contributed by atoms with Gasteiger partial charge in [0.05, 0.1) is 17.0 Å². The maximum atomic E-state index is 14.1. The second kappa shape index (κ2) is 7.51. The predicted molar refractivity (Wildman–Crippen MR) is 101 cm³/mol. The Morgan fingerprint density at radius 2 is 1.89 bits per heavy atom. The van der Waals surface area contributed by atoms with E-state index in [2.05, 4.69) is 0 Å². The number of ether oxygens (including phenoxy) is 1. The summed E-state index contributed by atoms with van der Waals surface area (Å²) in [4.78, 5) is 11.5. The quantitative estimate of drug-likeness (QED) is 0.679. The summed E-state index contributed by atoms with van der Waals surface area (Å²) < 4.78 is 47.4. The molecule has 0 spiro atoms. The molecule has 0 bridgehead atoms. The number of hydrogen-bond acceptors (Lipinski definition) is 4. The third kappa shape index (κ3) is 3.53. The minimum Gasteiger partial charge on any atom is -0.490 e. The molecule has 1 heterocycles. The molecule has 0 unspecified atom stereocenters. The molecule has 2 aromatic carbocycles. The van der Waals surface area contributed by atoms with Gasteiger partial charge in [0.1, 0.15) is 23.1 Å². The Bertz CT molecular complexity index is 1140. The third-order valence-corrected chi connectivity index (χ3v) is 6.17. The number of aromatic nitrogens is 1. The number of nitrogens with zero attached hydrogens (tertiary/aromatic N) is 2. The number of sulfone groups is 1. The number of halogens is 1. The molecule has 0 radical (unpaired) electrons. The largest absolute Gasteiger partial charge is 0.490 e. The first-order chi connectivity index (χ1) is 13.2. The smallest absolute Gasteiger partial charge is 0.407 e. The number of amides is 1. The van der Waals surface area contributed by atoms with E-state index in [1.807, 2.05) is 0 Å². The van der Waals surface area contributed by atoms with Crippen LogP contribution in [0.25, 0.3) is 10.9 Å². The monoisotopic (exact) mass is 406 g/mol. The highest BCUT2D eigenvalue weighted by Gasteiger charge is 2.26. The number of likely N-dealkylation sites (N-methyl/N-ethyl adjacent to an activating group) is 1. The summed E-state index contributed by atoms with van der Waals surface area (Å²) in [6, 6.07) is 10.2. The van der Waals surface area contributed by atoms with Crippen LogP contribution in [0.1, 0.15) is 0 Å². The number of carbonyl (C=O) groups is 1. The lowest BCUT2D eigenvalue weighted by Gasteiger charge is -2.14. The fourth-order valence-corrected chi connectivity index (χ4v) is 4.47. The van der Waals surface area contributed by atoms with E-state index < -0.39 is 26.6 Å². The van der Waals surface area contributed by atoms with Gasteiger partial charge in [-0.25, -0.2) is 17.6 Å². The minimum atomic E-state index is -4.07. The Morgan fingerprint density at radius 1 is 1.18 bits per heavy atom. The molecule has 28 heavy (non-hydrogen) atoms. The Hall–Kier alpha value is -3.07. The van der Waals surface area contributed by atoms with E-state index in [4.69, 9.17) is 9.84 Å². The van der Waals surface area contributed by atoms with Gasteiger partial charge in [0.2, 0.25) is 9.84 Å². The van der Waals surface area contributed by atoms with E-state index >= 15 is 0 Å². The summed E-state index contributed by atoms with van der Waals surface area (Å²) in [5.74, 6) is -0.405. The van der Waals surface area contributed by atoms with E-state index in [1.54, 1.807) is 29.8 Å². The van der Waals surface area contributed by atoms with Gasteiger partial charge in [-0.3, -0.25) is 0 Å². The summed E-state index contributed by atoms with van der Waals surface area (Å²) in [5.41, 5.74) is 0.524. The molecule has 0 saturated heterocycles. The van der Waals surface area contributed by atoms with E-state index in [1.165, 1.54) is 31.4 Å². The highest BCUT2D eigenvalue weighted by molar-refractivity contribution is 7.91. The van der Waals surface area contributed by atoms with Crippen LogP contribution in [0.15, 0.2) is 58.5 Å². The predicted octanol–water partition coefficient (Wildman–Crippen LogP) is 3.14. The zero-order chi connectivity index (χ0) is 20.5. The summed E-state index contributed by atoms with van der Waals surface area (Å²) in [5, 5.41) is 9.29. The van der Waals surface area contributed by atoms with E-state index in [0.29, 0.717) is 16.7 Å². The van der Waals surface area contributed by atoms with Crippen LogP contribution in [0.5, 0.6) is 5.75 Å². The highest BCUT2D eigenvalue weighted by atomic mass is 32.2. The second-order valence-electron chi connectivity index (χ2n) is 6.24. The molecule has 3 rings (SSSR count). The lowest BCUT2D eigenvalue weighted by atomic mass is 10.2. The molecule has 0 aliphatic rings. The second-order valence-corrected chi connectivity index (χ2v) is 8.13. The van der Waals surface area contributed by atoms with Crippen LogP contribution in [-0.4, -0.2) is 49.3 Å². The number of hydrogen-bond donors (Lipinski definition) is 1. The Morgan fingerprint density at radius 3 is 2.57 bits per heavy atom. The number of para-hydroxylation sites is 1. The number of benzene rings is 2. The van der Waals surface area contributed by atoms with Crippen LogP contribution < -0.4 is 4.74 Å². The van der Waals surface area contributed by atoms with Gasteiger partial charge < -0.3 is 19.3 Å². The van der Waals surface area contributed by atoms with Crippen molar-refractivity contribution < 1.29 is 27.4 Å². The first kappa shape index (κ1) is 19.7. The Balaban J connectivity index is 2.01. The number of aryl methyl sites for hydroxylation is 1. The Kier molecular flexibility index (Phi) is 5.28. The van der Waals surface area contributed by atoms with Gasteiger partial charge in [-0.15, -0.1) is 0 Å². The fraction of sp³-hybridized carbons (Fsp3) is 0.211. The molecular formula is C19H19FN2O5S. The van der Waals surface area contributed by atoms with Crippen molar-refractivity contribution in [3.05, 3.63) is 54.5 Å². The van der Waals surface area contributed by atoms with Crippen LogP contribution in [-0.2, 0) is 16.9 Å². The molecule has 0 fully saturated rings. The zero-order valence-corrected chi connectivity index (χ0v) is 16.1. The van der Waals surface area contributed by atoms with Crippen molar-refractivity contribution in [2.24, 2.45) is 7.05 Å². The first-order valence-corrected chi connectivity index (χ1v) is 9.86. The average molecular weight is 406 g/mol. The zero-order valence-electron chi connectivity index (χ0n) is 15.3. The van der Waals surface area contributed by atoms with Crippen molar-refractivity contribution >= 4 is 26.8 Å². The van der Waals surface area contributed by atoms with Gasteiger partial charge in [0, 0.05) is 25.7 Å². The highest BCUT2D eigenvalue weighted by Crippen LogP contribution is 2.35. The number of rotatable bonds is 6. The van der Waals surface area contributed by atoms with Gasteiger partial charge in [-0.05, 0) is 18.2 Å². The molecule has 1 amide bonds. The molecule has 0 saturated carbocycles. The van der Waals surface area contributed by atoms with Crippen molar-refractivity contribution in [3.63, 3.8) is 0 Å². The molecule has 0 atom stereocenters. The molecule has 0 aliphatic carbocycles. The molecule has 3 aromatic rings. The van der Waals surface area contributed by atoms with Crippen molar-refractivity contribution in [2.45, 2.75) is 9.79 Å². The lowest BCUT2D eigenvalue weighted by Crippen LogP contribution is -2.29. The summed E-state index contributed by atoms with van der Waals surface area (Å²) >= 11 is 0. The van der Waals surface area contributed by atoms with Crippen LogP contribution >= 0.6 is 0 Å². The molecule has 9 heteroatoms. The molecule has 0 aliphatic heterocycles. The average Bonchev–Trinajstić information content (AvgIpc) is 3.00. The number of carboxylic acid groups (broad SMARTS) is 1. The van der Waals surface area contributed by atoms with Crippen molar-refractivity contribution in [1.82, 2.24) is 9.47 Å². The minimum absolute atomic E-state index is 0.0248. The van der Waals surface area contributed by atoms with Crippen LogP contribution in [0.4, 0.5) is 9.18 Å². The van der Waals surface area contributed by atoms with E-state index in [0.717, 1.165) is 11.0 Å². The summed E-state index contributed by atoms with van der Waals surface area (Å²) in [6.45, 7) is 0.249.